The number of carbonyl (C=O) groups excluding carboxylic acids is 2. The van der Waals surface area contributed by atoms with Crippen molar-refractivity contribution in [2.75, 3.05) is 19.0 Å². The predicted octanol–water partition coefficient (Wildman–Crippen LogP) is 2.37. The molecule has 0 saturated carbocycles. The van der Waals surface area contributed by atoms with E-state index < -0.39 is 11.9 Å². The van der Waals surface area contributed by atoms with E-state index in [0.717, 1.165) is 0 Å². The van der Waals surface area contributed by atoms with Crippen LogP contribution in [0.15, 0.2) is 47.6 Å². The fourth-order valence-corrected chi connectivity index (χ4v) is 2.17. The number of rotatable bonds is 7. The van der Waals surface area contributed by atoms with Crippen LogP contribution >= 0.6 is 11.6 Å². The highest BCUT2D eigenvalue weighted by molar-refractivity contribution is 6.32. The summed E-state index contributed by atoms with van der Waals surface area (Å²) < 4.78 is 10.3. The maximum atomic E-state index is 11.9. The molecule has 0 bridgehead atoms. The summed E-state index contributed by atoms with van der Waals surface area (Å²) in [6.07, 6.45) is 1.41. The molecular formula is C17H17ClN4O4. The van der Waals surface area contributed by atoms with Crippen molar-refractivity contribution in [3.63, 3.8) is 0 Å². The van der Waals surface area contributed by atoms with Crippen molar-refractivity contribution in [2.24, 2.45) is 10.8 Å². The molecule has 3 amide bonds. The van der Waals surface area contributed by atoms with Crippen molar-refractivity contribution >= 4 is 35.4 Å². The van der Waals surface area contributed by atoms with Crippen LogP contribution in [-0.4, -0.2) is 31.9 Å². The van der Waals surface area contributed by atoms with Gasteiger partial charge in [0.05, 0.1) is 24.0 Å². The molecule has 0 aromatic heterocycles. The number of ether oxygens (including phenoxy) is 2. The van der Waals surface area contributed by atoms with Crippen molar-refractivity contribution in [3.8, 4) is 11.5 Å². The van der Waals surface area contributed by atoms with Crippen molar-refractivity contribution in [3.05, 3.63) is 53.1 Å². The number of benzene rings is 2. The lowest BCUT2D eigenvalue weighted by atomic mass is 10.2. The fourth-order valence-electron chi connectivity index (χ4n) is 1.93. The van der Waals surface area contributed by atoms with Gasteiger partial charge in [-0.25, -0.2) is 10.2 Å². The van der Waals surface area contributed by atoms with Crippen molar-refractivity contribution in [1.82, 2.24) is 5.43 Å². The Hall–Kier alpha value is -3.26. The van der Waals surface area contributed by atoms with E-state index in [-0.39, 0.29) is 11.6 Å². The molecule has 0 aliphatic carbocycles. The minimum atomic E-state index is -0.600. The predicted molar refractivity (Wildman–Crippen MR) is 98.9 cm³/mol. The van der Waals surface area contributed by atoms with Crippen LogP contribution in [0, 0.1) is 0 Å². The van der Waals surface area contributed by atoms with Gasteiger partial charge >= 0.3 is 6.03 Å². The lowest BCUT2D eigenvalue weighted by Gasteiger charge is -2.09. The normalized spacial score (nSPS) is 10.4. The van der Waals surface area contributed by atoms with Crippen molar-refractivity contribution < 1.29 is 19.1 Å². The summed E-state index contributed by atoms with van der Waals surface area (Å²) in [4.78, 5) is 22.6. The van der Waals surface area contributed by atoms with Crippen molar-refractivity contribution in [1.29, 1.82) is 0 Å². The first-order chi connectivity index (χ1) is 12.5. The highest BCUT2D eigenvalue weighted by Crippen LogP contribution is 2.25. The maximum Gasteiger partial charge on any atom is 0.339 e. The molecule has 2 aromatic carbocycles. The molecule has 0 aliphatic rings. The Kier molecular flexibility index (Phi) is 6.81. The van der Waals surface area contributed by atoms with E-state index in [1.165, 1.54) is 13.3 Å². The van der Waals surface area contributed by atoms with Crippen LogP contribution in [0.4, 0.5) is 10.5 Å². The van der Waals surface area contributed by atoms with Crippen molar-refractivity contribution in [2.45, 2.75) is 0 Å². The van der Waals surface area contributed by atoms with E-state index in [2.05, 4.69) is 15.8 Å². The topological polar surface area (TPSA) is 115 Å². The van der Waals surface area contributed by atoms with Crippen LogP contribution in [0.5, 0.6) is 11.5 Å². The minimum Gasteiger partial charge on any atom is -0.495 e. The average molecular weight is 377 g/mol. The number of nitrogens with two attached hydrogens (primary N) is 1. The third-order valence-corrected chi connectivity index (χ3v) is 3.36. The molecule has 0 saturated heterocycles. The Bertz CT molecular complexity index is 826. The standard InChI is InChI=1S/C17H17ClN4O4/c1-25-15-5-3-2-4-13(15)21-17(24)22-20-9-11-6-7-14(12(18)8-11)26-10-16(19)23/h2-9H,10H2,1H3,(H2,19,23)(H2,21,22,24). The van der Waals surface area contributed by atoms with Gasteiger partial charge in [-0.3, -0.25) is 4.79 Å². The van der Waals surface area contributed by atoms with E-state index in [1.807, 2.05) is 0 Å². The number of nitrogens with zero attached hydrogens (tertiary/aromatic N) is 1. The molecule has 136 valence electrons. The Balaban J connectivity index is 1.92. The first-order valence-corrected chi connectivity index (χ1v) is 7.81. The van der Waals surface area contributed by atoms with E-state index >= 15 is 0 Å². The molecule has 2 rings (SSSR count). The second kappa shape index (κ2) is 9.28. The van der Waals surface area contributed by atoms with Gasteiger partial charge in [-0.2, -0.15) is 5.10 Å². The zero-order valence-electron chi connectivity index (χ0n) is 13.9. The number of halogens is 1. The number of carbonyl (C=O) groups is 2. The number of nitrogens with one attached hydrogen (secondary N) is 2. The van der Waals surface area contributed by atoms with E-state index in [0.29, 0.717) is 22.7 Å². The number of methoxy groups -OCH3 is 1. The van der Waals surface area contributed by atoms with Gasteiger partial charge in [0.2, 0.25) is 0 Å². The zero-order chi connectivity index (χ0) is 18.9. The lowest BCUT2D eigenvalue weighted by Crippen LogP contribution is -2.24. The van der Waals surface area contributed by atoms with Gasteiger partial charge in [-0.05, 0) is 35.9 Å². The highest BCUT2D eigenvalue weighted by Gasteiger charge is 2.06. The maximum absolute atomic E-state index is 11.9. The summed E-state index contributed by atoms with van der Waals surface area (Å²) in [6, 6.07) is 11.3. The van der Waals surface area contributed by atoms with Gasteiger partial charge in [0.1, 0.15) is 11.5 Å². The Morgan fingerprint density at radius 1 is 1.23 bits per heavy atom. The number of primary amides is 1. The van der Waals surface area contributed by atoms with Gasteiger partial charge < -0.3 is 20.5 Å². The number of urea groups is 1. The van der Waals surface area contributed by atoms with Gasteiger partial charge in [0, 0.05) is 0 Å². The molecule has 0 radical (unpaired) electrons. The Morgan fingerprint density at radius 3 is 2.69 bits per heavy atom. The molecule has 0 fully saturated rings. The second-order valence-corrected chi connectivity index (χ2v) is 5.38. The molecule has 0 spiro atoms. The van der Waals surface area contributed by atoms with Crippen LogP contribution in [0.2, 0.25) is 5.02 Å². The minimum absolute atomic E-state index is 0.266. The third kappa shape index (κ3) is 5.67. The number of anilines is 1. The van der Waals surface area contributed by atoms with Crippen LogP contribution in [0.3, 0.4) is 0 Å². The smallest absolute Gasteiger partial charge is 0.339 e. The molecule has 0 aliphatic heterocycles. The quantitative estimate of drug-likeness (QED) is 0.508. The molecule has 0 atom stereocenters. The molecule has 0 heterocycles. The van der Waals surface area contributed by atoms with E-state index in [1.54, 1.807) is 42.5 Å². The number of amides is 3. The first-order valence-electron chi connectivity index (χ1n) is 7.43. The Morgan fingerprint density at radius 2 is 2.00 bits per heavy atom. The molecule has 4 N–H and O–H groups in total. The molecule has 8 nitrogen and oxygen atoms in total. The monoisotopic (exact) mass is 376 g/mol. The molecule has 26 heavy (non-hydrogen) atoms. The first kappa shape index (κ1) is 19.1. The number of hydrogen-bond donors (Lipinski definition) is 3. The van der Waals surface area contributed by atoms with Crippen LogP contribution < -0.4 is 25.9 Å². The molecular weight excluding hydrogens is 360 g/mol. The third-order valence-electron chi connectivity index (χ3n) is 3.06. The number of para-hydroxylation sites is 2. The van der Waals surface area contributed by atoms with Gasteiger partial charge in [-0.15, -0.1) is 0 Å². The summed E-state index contributed by atoms with van der Waals surface area (Å²) in [5.41, 5.74) is 8.48. The molecule has 2 aromatic rings. The van der Waals surface area contributed by atoms with Crippen LogP contribution in [0.25, 0.3) is 0 Å². The Labute approximate surface area is 154 Å². The summed E-state index contributed by atoms with van der Waals surface area (Å²) in [5, 5.41) is 6.74. The molecule has 9 heteroatoms. The summed E-state index contributed by atoms with van der Waals surface area (Å²) >= 11 is 6.04. The van der Waals surface area contributed by atoms with Gasteiger partial charge in [0.25, 0.3) is 5.91 Å². The summed E-state index contributed by atoms with van der Waals surface area (Å²) in [5.74, 6) is 0.256. The van der Waals surface area contributed by atoms with E-state index in [4.69, 9.17) is 26.8 Å². The fraction of sp³-hybridized carbons (Fsp3) is 0.118. The van der Waals surface area contributed by atoms with Gasteiger partial charge in [0.15, 0.2) is 6.61 Å². The van der Waals surface area contributed by atoms with Crippen LogP contribution in [0.1, 0.15) is 5.56 Å². The number of hydrazone groups is 1. The van der Waals surface area contributed by atoms with Crippen LogP contribution in [-0.2, 0) is 4.79 Å². The lowest BCUT2D eigenvalue weighted by molar-refractivity contribution is -0.119. The zero-order valence-corrected chi connectivity index (χ0v) is 14.6. The SMILES string of the molecule is COc1ccccc1NC(=O)NN=Cc1ccc(OCC(N)=O)c(Cl)c1. The van der Waals surface area contributed by atoms with Gasteiger partial charge in [-0.1, -0.05) is 23.7 Å². The second-order valence-electron chi connectivity index (χ2n) is 4.97. The summed E-state index contributed by atoms with van der Waals surface area (Å²) in [7, 11) is 1.51. The van der Waals surface area contributed by atoms with E-state index in [9.17, 15) is 9.59 Å². The summed E-state index contributed by atoms with van der Waals surface area (Å²) in [6.45, 7) is -0.266. The largest absolute Gasteiger partial charge is 0.495 e. The number of hydrogen-bond acceptors (Lipinski definition) is 5. The molecule has 0 unspecified atom stereocenters. The highest BCUT2D eigenvalue weighted by atomic mass is 35.5. The average Bonchev–Trinajstić information content (AvgIpc) is 2.61.